The van der Waals surface area contributed by atoms with Crippen molar-refractivity contribution in [3.8, 4) is 0 Å². The molecular formula is C20H30Co2O10. The van der Waals surface area contributed by atoms with Crippen LogP contribution in [0.1, 0.15) is 55.4 Å². The maximum atomic E-state index is 9.98. The molecular weight excluding hydrogens is 518 g/mol. The Bertz CT molecular complexity index is 521. The summed E-state index contributed by atoms with van der Waals surface area (Å²) in [5.41, 5.74) is 0. The Morgan fingerprint density at radius 1 is 0.406 bits per heavy atom. The molecule has 0 aliphatic heterocycles. The van der Waals surface area contributed by atoms with Crippen LogP contribution < -0.4 is 20.4 Å². The monoisotopic (exact) mass is 548 g/mol. The maximum absolute atomic E-state index is 9.98. The van der Waals surface area contributed by atoms with E-state index >= 15 is 0 Å². The molecule has 0 aliphatic carbocycles. The molecule has 0 radical (unpaired) electrons. The first-order chi connectivity index (χ1) is 12.5. The second kappa shape index (κ2) is 33.4. The molecule has 0 aromatic heterocycles. The fourth-order valence-corrected chi connectivity index (χ4v) is 1.14. The van der Waals surface area contributed by atoms with Crippen molar-refractivity contribution < 1.29 is 84.1 Å². The van der Waals surface area contributed by atoms with E-state index in [1.807, 2.05) is 0 Å². The third-order valence-electron chi connectivity index (χ3n) is 1.63. The van der Waals surface area contributed by atoms with Crippen molar-refractivity contribution in [3.05, 3.63) is 47.3 Å². The normalized spacial score (nSPS) is 10.0. The molecule has 0 bridgehead atoms. The number of hydrogen-bond donors (Lipinski definition) is 0. The first kappa shape index (κ1) is 52.0. The van der Waals surface area contributed by atoms with E-state index in [-0.39, 0.29) is 90.7 Å². The summed E-state index contributed by atoms with van der Waals surface area (Å²) in [5.74, 6) is -1.50. The van der Waals surface area contributed by atoms with Crippen LogP contribution in [0.4, 0.5) is 0 Å². The Labute approximate surface area is 209 Å². The van der Waals surface area contributed by atoms with Crippen LogP contribution in [0.15, 0.2) is 47.3 Å². The molecule has 32 heavy (non-hydrogen) atoms. The van der Waals surface area contributed by atoms with Gasteiger partial charge in [-0.3, -0.25) is 19.2 Å². The van der Waals surface area contributed by atoms with Gasteiger partial charge in [0.25, 0.3) is 0 Å². The molecule has 0 aromatic rings. The van der Waals surface area contributed by atoms with Crippen LogP contribution in [-0.2, 0) is 52.7 Å². The van der Waals surface area contributed by atoms with Crippen LogP contribution in [0, 0.1) is 0 Å². The van der Waals surface area contributed by atoms with Gasteiger partial charge >= 0.3 is 33.6 Å². The standard InChI is InChI=1S/4C5H8O2.2Co.2H2O/c4*1-4(6)3-5(2)7;;;;/h4*3,6H,1-2H3;;;2*1H2/q;;;;2*+3;;/p-6/b4*4-3-;;;;. The summed E-state index contributed by atoms with van der Waals surface area (Å²) in [5, 5.41) is 39.9. The average Bonchev–Trinajstić information content (AvgIpc) is 2.32. The third-order valence-corrected chi connectivity index (χ3v) is 1.63. The number of rotatable bonds is 4. The Morgan fingerprint density at radius 3 is 0.500 bits per heavy atom. The zero-order valence-corrected chi connectivity index (χ0v) is 21.2. The summed E-state index contributed by atoms with van der Waals surface area (Å²) in [4.78, 5) is 39.9. The minimum absolute atomic E-state index is 0. The maximum Gasteiger partial charge on any atom is 3.00 e. The number of hydrogen-bond acceptors (Lipinski definition) is 10. The van der Waals surface area contributed by atoms with Crippen LogP contribution in [0.3, 0.4) is 0 Å². The molecule has 0 saturated carbocycles. The Kier molecular flexibility index (Phi) is 54.3. The van der Waals surface area contributed by atoms with Gasteiger partial charge in [-0.15, -0.1) is 23.0 Å². The van der Waals surface area contributed by atoms with Gasteiger partial charge in [-0.2, -0.15) is 0 Å². The minimum atomic E-state index is -0.187. The topological polar surface area (TPSA) is 221 Å². The summed E-state index contributed by atoms with van der Waals surface area (Å²) in [6.45, 7) is 10.8. The van der Waals surface area contributed by atoms with E-state index in [9.17, 15) is 39.6 Å². The van der Waals surface area contributed by atoms with E-state index in [1.165, 1.54) is 55.4 Å². The molecule has 10 nitrogen and oxygen atoms in total. The Balaban J connectivity index is -0.0000000384. The summed E-state index contributed by atoms with van der Waals surface area (Å²) in [6, 6.07) is 0. The molecule has 2 N–H and O–H groups in total. The third kappa shape index (κ3) is 105. The van der Waals surface area contributed by atoms with Gasteiger partial charge < -0.3 is 31.4 Å². The quantitative estimate of drug-likeness (QED) is 0.308. The first-order valence-corrected chi connectivity index (χ1v) is 7.94. The summed E-state index contributed by atoms with van der Waals surface area (Å²) in [7, 11) is 0. The zero-order chi connectivity index (χ0) is 23.4. The van der Waals surface area contributed by atoms with Gasteiger partial charge in [0.15, 0.2) is 23.1 Å². The van der Waals surface area contributed by atoms with Gasteiger partial charge in [0.05, 0.1) is 0 Å². The van der Waals surface area contributed by atoms with Crippen molar-refractivity contribution in [3.63, 3.8) is 0 Å². The van der Waals surface area contributed by atoms with Gasteiger partial charge in [-0.05, 0) is 52.0 Å². The van der Waals surface area contributed by atoms with Gasteiger partial charge in [-0.25, -0.2) is 0 Å². The van der Waals surface area contributed by atoms with Gasteiger partial charge in [0, 0.05) is 0 Å². The molecule has 0 unspecified atom stereocenters. The van der Waals surface area contributed by atoms with Crippen LogP contribution in [0.2, 0.25) is 0 Å². The van der Waals surface area contributed by atoms with E-state index in [0.29, 0.717) is 0 Å². The first-order valence-electron chi connectivity index (χ1n) is 7.94. The predicted octanol–water partition coefficient (Wildman–Crippen LogP) is -1.00. The van der Waals surface area contributed by atoms with Crippen molar-refractivity contribution in [1.29, 1.82) is 0 Å². The fraction of sp³-hybridized carbons (Fsp3) is 0.400. The van der Waals surface area contributed by atoms with Crippen molar-refractivity contribution in [2.24, 2.45) is 0 Å². The van der Waals surface area contributed by atoms with E-state index in [0.717, 1.165) is 24.3 Å². The average molecular weight is 548 g/mol. The molecule has 0 atom stereocenters. The molecule has 12 heteroatoms. The fourth-order valence-electron chi connectivity index (χ4n) is 1.14. The van der Waals surface area contributed by atoms with E-state index < -0.39 is 0 Å². The van der Waals surface area contributed by atoms with Crippen molar-refractivity contribution in [2.75, 3.05) is 0 Å². The predicted molar refractivity (Wildman–Crippen MR) is 102 cm³/mol. The van der Waals surface area contributed by atoms with Crippen molar-refractivity contribution in [1.82, 2.24) is 0 Å². The van der Waals surface area contributed by atoms with Crippen molar-refractivity contribution >= 4 is 23.1 Å². The molecule has 0 rings (SSSR count). The molecule has 0 heterocycles. The number of ketones is 4. The Hall–Kier alpha value is -2.23. The second-order valence-electron chi connectivity index (χ2n) is 5.46. The molecule has 0 aromatic carbocycles. The largest absolute Gasteiger partial charge is 3.00 e. The van der Waals surface area contributed by atoms with Crippen LogP contribution >= 0.6 is 0 Å². The minimum Gasteiger partial charge on any atom is -0.876 e. The summed E-state index contributed by atoms with van der Waals surface area (Å²) >= 11 is 0. The number of allylic oxidation sites excluding steroid dienone is 8. The summed E-state index contributed by atoms with van der Waals surface area (Å²) < 4.78 is 0. The van der Waals surface area contributed by atoms with E-state index in [4.69, 9.17) is 0 Å². The second-order valence-corrected chi connectivity index (χ2v) is 5.46. The van der Waals surface area contributed by atoms with Crippen LogP contribution in [-0.4, -0.2) is 34.1 Å². The molecule has 0 saturated heterocycles. The van der Waals surface area contributed by atoms with Crippen LogP contribution in [0.25, 0.3) is 0 Å². The molecule has 0 spiro atoms. The van der Waals surface area contributed by atoms with Gasteiger partial charge in [-0.1, -0.05) is 27.7 Å². The summed E-state index contributed by atoms with van der Waals surface area (Å²) in [6.07, 6.45) is 4.22. The number of carbonyl (C=O) groups excluding carboxylic acids is 4. The van der Waals surface area contributed by atoms with Gasteiger partial charge in [0.1, 0.15) is 0 Å². The molecule has 188 valence electrons. The van der Waals surface area contributed by atoms with E-state index in [2.05, 4.69) is 0 Å². The number of carbonyl (C=O) groups is 4. The van der Waals surface area contributed by atoms with Crippen LogP contribution in [0.5, 0.6) is 0 Å². The smallest absolute Gasteiger partial charge is 0.876 e. The SMILES string of the molecule is CC(=O)/C=C(/C)[O-].CC(=O)/C=C(/C)[O-].CC(=O)/C=C(/C)[O-].CC(=O)/C=C(/C)[O-].[Co+3].[Co+3].[OH-].[OH-]. The van der Waals surface area contributed by atoms with Gasteiger partial charge in [0.2, 0.25) is 0 Å². The zero-order valence-electron chi connectivity index (χ0n) is 19.1. The Morgan fingerprint density at radius 2 is 0.500 bits per heavy atom. The molecule has 0 fully saturated rings. The van der Waals surface area contributed by atoms with Crippen molar-refractivity contribution in [2.45, 2.75) is 55.4 Å². The molecule has 0 amide bonds. The molecule has 0 aliphatic rings. The van der Waals surface area contributed by atoms with E-state index in [1.54, 1.807) is 0 Å².